The number of carbonyl (C=O) groups is 1. The molecule has 2 atom stereocenters. The van der Waals surface area contributed by atoms with Crippen LogP contribution >= 0.6 is 0 Å². The first-order valence-corrected chi connectivity index (χ1v) is 18.7. The predicted molar refractivity (Wildman–Crippen MR) is 224 cm³/mol. The van der Waals surface area contributed by atoms with Gasteiger partial charge in [0.25, 0.3) is 0 Å². The molecule has 0 saturated carbocycles. The Kier molecular flexibility index (Phi) is 6.35. The summed E-state index contributed by atoms with van der Waals surface area (Å²) in [5.74, 6) is 0.133. The van der Waals surface area contributed by atoms with Crippen molar-refractivity contribution >= 4 is 70.4 Å². The number of fused-ring (bicyclic) bond motifs is 12. The van der Waals surface area contributed by atoms with Crippen molar-refractivity contribution in [1.82, 2.24) is 0 Å². The second-order valence-corrected chi connectivity index (χ2v) is 15.6. The molecule has 9 aromatic carbocycles. The normalized spacial score (nSPS) is 17.8. The number of benzene rings is 9. The van der Waals surface area contributed by atoms with Gasteiger partial charge in [0.15, 0.2) is 5.78 Å². The van der Waals surface area contributed by atoms with Crippen LogP contribution in [0.5, 0.6) is 0 Å². The Morgan fingerprint density at radius 1 is 0.453 bits per heavy atom. The largest absolute Gasteiger partial charge is 0.289 e. The average Bonchev–Trinajstić information content (AvgIpc) is 3.21. The molecule has 0 aromatic heterocycles. The third kappa shape index (κ3) is 4.34. The number of Topliss-reactive ketones (excluding diaryl/α,β-unsaturated/α-hetero) is 1. The topological polar surface area (TPSA) is 17.1 Å². The summed E-state index contributed by atoms with van der Waals surface area (Å²) in [6, 6.07) is 55.0. The smallest absolute Gasteiger partial charge is 0.189 e. The van der Waals surface area contributed by atoms with E-state index in [-0.39, 0.29) is 23.0 Å². The molecule has 0 aliphatic heterocycles. The van der Waals surface area contributed by atoms with Gasteiger partial charge >= 0.3 is 0 Å². The zero-order valence-electron chi connectivity index (χ0n) is 29.7. The SMILES string of the molecule is CC1(C)c2ccc(-c3cc4c5ccccc5ccc4c4ccccc34)cc2C(=O)C2=CC(c3cc4c5ccccc5ccc4c4ccccc34)C=CC21. The molecule has 2 unspecified atom stereocenters. The second kappa shape index (κ2) is 11.1. The van der Waals surface area contributed by atoms with Gasteiger partial charge in [0.1, 0.15) is 0 Å². The second-order valence-electron chi connectivity index (χ2n) is 15.6. The van der Waals surface area contributed by atoms with Crippen molar-refractivity contribution in [2.24, 2.45) is 5.92 Å². The average molecular weight is 677 g/mol. The third-order valence-corrected chi connectivity index (χ3v) is 12.4. The summed E-state index contributed by atoms with van der Waals surface area (Å²) in [6.45, 7) is 4.60. The summed E-state index contributed by atoms with van der Waals surface area (Å²) in [7, 11) is 0. The molecule has 0 N–H and O–H groups in total. The molecule has 0 bridgehead atoms. The van der Waals surface area contributed by atoms with E-state index >= 15 is 0 Å². The number of hydrogen-bond donors (Lipinski definition) is 0. The highest BCUT2D eigenvalue weighted by Crippen LogP contribution is 2.50. The van der Waals surface area contributed by atoms with Crippen LogP contribution in [0.4, 0.5) is 0 Å². The highest BCUT2D eigenvalue weighted by molar-refractivity contribution is 6.22. The molecule has 0 heterocycles. The molecule has 11 rings (SSSR count). The Labute approximate surface area is 308 Å². The van der Waals surface area contributed by atoms with E-state index in [9.17, 15) is 4.79 Å². The Bertz CT molecular complexity index is 3120. The summed E-state index contributed by atoms with van der Waals surface area (Å²) in [5, 5.41) is 14.9. The fraction of sp³-hybridized carbons (Fsp3) is 0.0962. The fourth-order valence-corrected chi connectivity index (χ4v) is 9.78. The van der Waals surface area contributed by atoms with Crippen LogP contribution in [0.15, 0.2) is 175 Å². The van der Waals surface area contributed by atoms with Gasteiger partial charge in [-0.2, -0.15) is 0 Å². The van der Waals surface area contributed by atoms with Crippen molar-refractivity contribution in [2.45, 2.75) is 25.2 Å². The molecular formula is C52H36O. The van der Waals surface area contributed by atoms with E-state index in [2.05, 4.69) is 184 Å². The number of allylic oxidation sites excluding steroid dienone is 4. The van der Waals surface area contributed by atoms with Crippen molar-refractivity contribution in [2.75, 3.05) is 0 Å². The molecule has 250 valence electrons. The van der Waals surface area contributed by atoms with Gasteiger partial charge in [-0.25, -0.2) is 0 Å². The van der Waals surface area contributed by atoms with Gasteiger partial charge in [-0.05, 0) is 105 Å². The standard InChI is InChI=1S/C52H36O/c1-52(2)49-25-21-33(43-29-45-35-13-5-3-11-31(35)19-23-41(45)37-15-7-9-17-39(37)43)27-47(49)51(53)48-28-34(22-26-50(48)52)44-30-46-36-14-6-4-12-32(36)20-24-42(46)38-16-8-10-18-40(38)44/h3-30,33,49H,1-2H3. The van der Waals surface area contributed by atoms with Gasteiger partial charge in [-0.3, -0.25) is 4.79 Å². The van der Waals surface area contributed by atoms with E-state index in [4.69, 9.17) is 0 Å². The van der Waals surface area contributed by atoms with Crippen LogP contribution < -0.4 is 0 Å². The number of carbonyl (C=O) groups excluding carboxylic acids is 1. The lowest BCUT2D eigenvalue weighted by molar-refractivity contribution is 0.0999. The van der Waals surface area contributed by atoms with E-state index < -0.39 is 0 Å². The highest BCUT2D eigenvalue weighted by atomic mass is 16.1. The van der Waals surface area contributed by atoms with Crippen LogP contribution in [-0.4, -0.2) is 5.78 Å². The van der Waals surface area contributed by atoms with Crippen LogP contribution in [0, 0.1) is 5.92 Å². The first-order chi connectivity index (χ1) is 26.0. The molecule has 2 aliphatic rings. The van der Waals surface area contributed by atoms with E-state index in [1.165, 1.54) is 70.2 Å². The van der Waals surface area contributed by atoms with Crippen LogP contribution in [0.2, 0.25) is 0 Å². The van der Waals surface area contributed by atoms with Crippen molar-refractivity contribution in [3.05, 3.63) is 192 Å². The quantitative estimate of drug-likeness (QED) is 0.132. The summed E-state index contributed by atoms with van der Waals surface area (Å²) >= 11 is 0. The maximum Gasteiger partial charge on any atom is 0.189 e. The molecule has 0 saturated heterocycles. The number of hydrogen-bond acceptors (Lipinski definition) is 1. The molecule has 0 radical (unpaired) electrons. The Balaban J connectivity index is 1.09. The minimum atomic E-state index is -0.252. The van der Waals surface area contributed by atoms with Crippen LogP contribution in [0.3, 0.4) is 0 Å². The van der Waals surface area contributed by atoms with Crippen molar-refractivity contribution < 1.29 is 4.79 Å². The van der Waals surface area contributed by atoms with Gasteiger partial charge in [-0.15, -0.1) is 0 Å². The van der Waals surface area contributed by atoms with E-state index in [0.717, 1.165) is 27.8 Å². The molecule has 0 fully saturated rings. The molecule has 1 nitrogen and oxygen atoms in total. The lowest BCUT2D eigenvalue weighted by Gasteiger charge is -2.42. The Morgan fingerprint density at radius 2 is 1.00 bits per heavy atom. The minimum absolute atomic E-state index is 0.00464. The van der Waals surface area contributed by atoms with Gasteiger partial charge in [0.2, 0.25) is 0 Å². The summed E-state index contributed by atoms with van der Waals surface area (Å²) in [6.07, 6.45) is 6.94. The summed E-state index contributed by atoms with van der Waals surface area (Å²) in [5.41, 5.74) is 6.07. The lowest BCUT2D eigenvalue weighted by atomic mass is 9.60. The van der Waals surface area contributed by atoms with Crippen LogP contribution in [0.1, 0.15) is 41.3 Å². The first kappa shape index (κ1) is 30.3. The van der Waals surface area contributed by atoms with E-state index in [0.29, 0.717) is 0 Å². The van der Waals surface area contributed by atoms with Gasteiger partial charge < -0.3 is 0 Å². The third-order valence-electron chi connectivity index (χ3n) is 12.4. The van der Waals surface area contributed by atoms with Crippen molar-refractivity contribution in [3.8, 4) is 11.1 Å². The van der Waals surface area contributed by atoms with Gasteiger partial charge in [-0.1, -0.05) is 166 Å². The monoisotopic (exact) mass is 676 g/mol. The summed E-state index contributed by atoms with van der Waals surface area (Å²) in [4.78, 5) is 14.9. The van der Waals surface area contributed by atoms with Crippen molar-refractivity contribution in [3.63, 3.8) is 0 Å². The van der Waals surface area contributed by atoms with Crippen LogP contribution in [0.25, 0.3) is 75.8 Å². The first-order valence-electron chi connectivity index (χ1n) is 18.7. The maximum absolute atomic E-state index is 14.9. The molecule has 53 heavy (non-hydrogen) atoms. The van der Waals surface area contributed by atoms with Gasteiger partial charge in [0.05, 0.1) is 0 Å². The fourth-order valence-electron chi connectivity index (χ4n) is 9.78. The van der Waals surface area contributed by atoms with E-state index in [1.807, 2.05) is 0 Å². The molecule has 9 aromatic rings. The van der Waals surface area contributed by atoms with E-state index in [1.54, 1.807) is 0 Å². The molecule has 2 aliphatic carbocycles. The molecule has 0 spiro atoms. The Hall–Kier alpha value is -6.31. The summed E-state index contributed by atoms with van der Waals surface area (Å²) < 4.78 is 0. The lowest BCUT2D eigenvalue weighted by Crippen LogP contribution is -2.39. The molecular weight excluding hydrogens is 641 g/mol. The van der Waals surface area contributed by atoms with Gasteiger partial charge in [0, 0.05) is 28.4 Å². The number of rotatable bonds is 2. The Morgan fingerprint density at radius 3 is 1.68 bits per heavy atom. The minimum Gasteiger partial charge on any atom is -0.289 e. The number of ketones is 1. The zero-order valence-corrected chi connectivity index (χ0v) is 29.7. The van der Waals surface area contributed by atoms with Crippen LogP contribution in [-0.2, 0) is 5.41 Å². The highest BCUT2D eigenvalue weighted by Gasteiger charge is 2.44. The van der Waals surface area contributed by atoms with Crippen molar-refractivity contribution in [1.29, 1.82) is 0 Å². The zero-order chi connectivity index (χ0) is 35.4. The molecule has 0 amide bonds. The predicted octanol–water partition coefficient (Wildman–Crippen LogP) is 13.6. The maximum atomic E-state index is 14.9. The molecule has 1 heteroatoms.